The normalized spacial score (nSPS) is 27.5. The second-order valence-corrected chi connectivity index (χ2v) is 3.85. The number of esters is 1. The van der Waals surface area contributed by atoms with E-state index in [1.165, 1.54) is 6.92 Å². The molecular formula is C12H13FO2. The number of rotatable bonds is 2. The number of alkyl halides is 1. The Balaban J connectivity index is 2.40. The largest absolute Gasteiger partial charge is 0.451 e. The van der Waals surface area contributed by atoms with Crippen molar-refractivity contribution in [3.05, 3.63) is 35.9 Å². The lowest BCUT2D eigenvalue weighted by molar-refractivity contribution is -0.154. The van der Waals surface area contributed by atoms with Crippen LogP contribution >= 0.6 is 0 Å². The lowest BCUT2D eigenvalue weighted by Gasteiger charge is -2.29. The molecule has 0 N–H and O–H groups in total. The van der Waals surface area contributed by atoms with E-state index in [1.807, 2.05) is 18.2 Å². The predicted octanol–water partition coefficient (Wildman–Crippen LogP) is 2.58. The van der Waals surface area contributed by atoms with Gasteiger partial charge in [-0.1, -0.05) is 30.3 Å². The molecular weight excluding hydrogens is 195 g/mol. The number of hydrogen-bond acceptors (Lipinski definition) is 2. The number of ether oxygens (including phenoxy) is 1. The molecule has 0 bridgehead atoms. The van der Waals surface area contributed by atoms with Crippen molar-refractivity contribution < 1.29 is 13.9 Å². The van der Waals surface area contributed by atoms with Crippen LogP contribution in [0.2, 0.25) is 0 Å². The van der Waals surface area contributed by atoms with Gasteiger partial charge in [-0.05, 0) is 12.5 Å². The van der Waals surface area contributed by atoms with E-state index in [0.29, 0.717) is 12.8 Å². The minimum absolute atomic E-state index is 0.295. The maximum absolute atomic E-state index is 13.6. The van der Waals surface area contributed by atoms with Crippen molar-refractivity contribution in [1.82, 2.24) is 0 Å². The highest BCUT2D eigenvalue weighted by Crippen LogP contribution is 2.40. The van der Waals surface area contributed by atoms with Gasteiger partial charge in [0.25, 0.3) is 0 Å². The monoisotopic (exact) mass is 208 g/mol. The molecule has 1 aromatic carbocycles. The van der Waals surface area contributed by atoms with Gasteiger partial charge in [-0.15, -0.1) is 0 Å². The van der Waals surface area contributed by atoms with Gasteiger partial charge in [-0.2, -0.15) is 0 Å². The lowest BCUT2D eigenvalue weighted by atomic mass is 9.87. The van der Waals surface area contributed by atoms with Crippen LogP contribution in [-0.4, -0.2) is 12.1 Å². The molecule has 1 saturated heterocycles. The Bertz CT molecular complexity index is 361. The van der Waals surface area contributed by atoms with Gasteiger partial charge in [-0.25, -0.2) is 4.39 Å². The van der Waals surface area contributed by atoms with Gasteiger partial charge in [0.15, 0.2) is 5.60 Å². The smallest absolute Gasteiger partial charge is 0.306 e. The zero-order valence-electron chi connectivity index (χ0n) is 8.57. The summed E-state index contributed by atoms with van der Waals surface area (Å²) >= 11 is 0. The molecule has 0 saturated carbocycles. The van der Waals surface area contributed by atoms with Gasteiger partial charge >= 0.3 is 5.97 Å². The van der Waals surface area contributed by atoms with Crippen LogP contribution in [-0.2, 0) is 15.1 Å². The molecule has 1 aliphatic rings. The summed E-state index contributed by atoms with van der Waals surface area (Å²) in [5, 5.41) is 0. The number of benzene rings is 1. The summed E-state index contributed by atoms with van der Waals surface area (Å²) in [5.74, 6) is -0.316. The Labute approximate surface area is 88.1 Å². The summed E-state index contributed by atoms with van der Waals surface area (Å²) in [6.45, 7) is 1.44. The van der Waals surface area contributed by atoms with Gasteiger partial charge in [0.1, 0.15) is 6.17 Å². The highest BCUT2D eigenvalue weighted by Gasteiger charge is 2.46. The molecule has 1 aliphatic heterocycles. The number of carbonyl (C=O) groups excluding carboxylic acids is 1. The Hall–Kier alpha value is -1.38. The van der Waals surface area contributed by atoms with Gasteiger partial charge in [0.2, 0.25) is 0 Å². The molecule has 80 valence electrons. The molecule has 0 spiro atoms. The third-order valence-corrected chi connectivity index (χ3v) is 2.90. The van der Waals surface area contributed by atoms with E-state index >= 15 is 0 Å². The first-order chi connectivity index (χ1) is 7.15. The molecule has 15 heavy (non-hydrogen) atoms. The van der Waals surface area contributed by atoms with Gasteiger partial charge in [0.05, 0.1) is 0 Å². The van der Waals surface area contributed by atoms with Crippen molar-refractivity contribution in [2.45, 2.75) is 31.5 Å². The summed E-state index contributed by atoms with van der Waals surface area (Å²) < 4.78 is 18.8. The summed E-state index contributed by atoms with van der Waals surface area (Å²) in [4.78, 5) is 11.1. The van der Waals surface area contributed by atoms with Gasteiger partial charge in [0, 0.05) is 12.8 Å². The Kier molecular flexibility index (Phi) is 2.47. The van der Waals surface area contributed by atoms with E-state index in [9.17, 15) is 9.18 Å². The van der Waals surface area contributed by atoms with Crippen LogP contribution in [0.5, 0.6) is 0 Å². The van der Waals surface area contributed by atoms with Crippen LogP contribution < -0.4 is 0 Å². The minimum atomic E-state index is -1.19. The van der Waals surface area contributed by atoms with Gasteiger partial charge < -0.3 is 4.74 Å². The molecule has 2 atom stereocenters. The highest BCUT2D eigenvalue weighted by atomic mass is 19.1. The van der Waals surface area contributed by atoms with Crippen molar-refractivity contribution in [2.75, 3.05) is 0 Å². The first-order valence-electron chi connectivity index (χ1n) is 5.06. The molecule has 0 amide bonds. The maximum atomic E-state index is 13.6. The third kappa shape index (κ3) is 1.62. The SMILES string of the molecule is CC(F)C1(c2ccccc2)CCC(=O)O1. The average Bonchev–Trinajstić information content (AvgIpc) is 2.63. The quantitative estimate of drug-likeness (QED) is 0.698. The summed E-state index contributed by atoms with van der Waals surface area (Å²) in [6, 6.07) is 9.11. The van der Waals surface area contributed by atoms with Crippen LogP contribution in [0, 0.1) is 0 Å². The zero-order valence-corrected chi connectivity index (χ0v) is 8.57. The second kappa shape index (κ2) is 3.65. The Morgan fingerprint density at radius 3 is 2.53 bits per heavy atom. The molecule has 1 fully saturated rings. The Morgan fingerprint density at radius 2 is 2.07 bits per heavy atom. The number of halogens is 1. The molecule has 2 nitrogen and oxygen atoms in total. The fourth-order valence-corrected chi connectivity index (χ4v) is 2.03. The van der Waals surface area contributed by atoms with E-state index in [2.05, 4.69) is 0 Å². The number of cyclic esters (lactones) is 1. The minimum Gasteiger partial charge on any atom is -0.451 e. The fraction of sp³-hybridized carbons (Fsp3) is 0.417. The van der Waals surface area contributed by atoms with Crippen LogP contribution in [0.4, 0.5) is 4.39 Å². The molecule has 2 unspecified atom stereocenters. The summed E-state index contributed by atoms with van der Waals surface area (Å²) in [7, 11) is 0. The van der Waals surface area contributed by atoms with Crippen LogP contribution in [0.1, 0.15) is 25.3 Å². The van der Waals surface area contributed by atoms with Crippen molar-refractivity contribution >= 4 is 5.97 Å². The maximum Gasteiger partial charge on any atom is 0.306 e. The number of hydrogen-bond donors (Lipinski definition) is 0. The van der Waals surface area contributed by atoms with Crippen LogP contribution in [0.25, 0.3) is 0 Å². The molecule has 2 rings (SSSR count). The first kappa shape index (κ1) is 10.1. The van der Waals surface area contributed by atoms with Crippen LogP contribution in [0.3, 0.4) is 0 Å². The number of carbonyl (C=O) groups is 1. The molecule has 0 aliphatic carbocycles. The molecule has 1 aromatic rings. The average molecular weight is 208 g/mol. The zero-order chi connectivity index (χ0) is 10.9. The van der Waals surface area contributed by atoms with Crippen LogP contribution in [0.15, 0.2) is 30.3 Å². The van der Waals surface area contributed by atoms with Crippen molar-refractivity contribution in [3.63, 3.8) is 0 Å². The van der Waals surface area contributed by atoms with Crippen molar-refractivity contribution in [2.24, 2.45) is 0 Å². The molecule has 0 radical (unpaired) electrons. The predicted molar refractivity (Wildman–Crippen MR) is 54.0 cm³/mol. The molecule has 3 heteroatoms. The summed E-state index contributed by atoms with van der Waals surface area (Å²) in [6.07, 6.45) is -0.470. The molecule has 1 heterocycles. The molecule has 0 aromatic heterocycles. The Morgan fingerprint density at radius 1 is 1.40 bits per heavy atom. The van der Waals surface area contributed by atoms with E-state index in [4.69, 9.17) is 4.74 Å². The first-order valence-corrected chi connectivity index (χ1v) is 5.06. The standard InChI is InChI=1S/C12H13FO2/c1-9(13)12(8-7-11(14)15-12)10-5-3-2-4-6-10/h2-6,9H,7-8H2,1H3. The summed E-state index contributed by atoms with van der Waals surface area (Å²) in [5.41, 5.74) is -0.316. The van der Waals surface area contributed by atoms with Gasteiger partial charge in [-0.3, -0.25) is 4.79 Å². The van der Waals surface area contributed by atoms with E-state index in [-0.39, 0.29) is 5.97 Å². The van der Waals surface area contributed by atoms with E-state index < -0.39 is 11.8 Å². The van der Waals surface area contributed by atoms with E-state index in [1.54, 1.807) is 12.1 Å². The highest BCUT2D eigenvalue weighted by molar-refractivity contribution is 5.72. The van der Waals surface area contributed by atoms with Crippen molar-refractivity contribution in [1.29, 1.82) is 0 Å². The topological polar surface area (TPSA) is 26.3 Å². The second-order valence-electron chi connectivity index (χ2n) is 3.85. The van der Waals surface area contributed by atoms with Crippen molar-refractivity contribution in [3.8, 4) is 0 Å². The lowest BCUT2D eigenvalue weighted by Crippen LogP contribution is -2.34. The fourth-order valence-electron chi connectivity index (χ4n) is 2.03. The third-order valence-electron chi connectivity index (χ3n) is 2.90. The van der Waals surface area contributed by atoms with E-state index in [0.717, 1.165) is 5.56 Å².